The summed E-state index contributed by atoms with van der Waals surface area (Å²) in [6.07, 6.45) is 1.29. The fourth-order valence-corrected chi connectivity index (χ4v) is 2.71. The van der Waals surface area contributed by atoms with Crippen LogP contribution in [0.5, 0.6) is 5.75 Å². The van der Waals surface area contributed by atoms with Gasteiger partial charge >= 0.3 is 0 Å². The molecule has 1 saturated heterocycles. The molecule has 140 valence electrons. The minimum absolute atomic E-state index is 0. The second-order valence-electron chi connectivity index (χ2n) is 5.69. The first kappa shape index (κ1) is 21.2. The summed E-state index contributed by atoms with van der Waals surface area (Å²) in [6, 6.07) is 6.86. The Morgan fingerprint density at radius 2 is 1.68 bits per heavy atom. The normalized spacial score (nSPS) is 15.6. The molecule has 0 bridgehead atoms. The van der Waals surface area contributed by atoms with Crippen molar-refractivity contribution in [3.05, 3.63) is 29.8 Å². The molecule has 0 unspecified atom stereocenters. The Morgan fingerprint density at radius 1 is 1.08 bits per heavy atom. The standard InChI is InChI=1S/C17H25N3O4.ClH/c1-23-14-5-3-13(4-6-14)15(21)19-11-12-20-16(22)17(24-2)7-9-18-10-8-17;/h3-6,18H,7-12H2,1-2H3,(H,19,21)(H,20,22);1H. The molecule has 0 radical (unpaired) electrons. The first-order chi connectivity index (χ1) is 11.6. The van der Waals surface area contributed by atoms with Crippen molar-refractivity contribution in [1.29, 1.82) is 0 Å². The van der Waals surface area contributed by atoms with Crippen molar-refractivity contribution in [2.75, 3.05) is 40.4 Å². The molecule has 8 heteroatoms. The van der Waals surface area contributed by atoms with Crippen molar-refractivity contribution in [1.82, 2.24) is 16.0 Å². The topological polar surface area (TPSA) is 88.7 Å². The van der Waals surface area contributed by atoms with E-state index in [1.165, 1.54) is 0 Å². The summed E-state index contributed by atoms with van der Waals surface area (Å²) in [5.74, 6) is 0.395. The number of hydrogen-bond donors (Lipinski definition) is 3. The molecule has 0 saturated carbocycles. The summed E-state index contributed by atoms with van der Waals surface area (Å²) in [5.41, 5.74) is -0.209. The molecule has 7 nitrogen and oxygen atoms in total. The van der Waals surface area contributed by atoms with Crippen molar-refractivity contribution in [2.24, 2.45) is 0 Å². The maximum Gasteiger partial charge on any atom is 0.252 e. The average Bonchev–Trinajstić information content (AvgIpc) is 2.65. The van der Waals surface area contributed by atoms with Gasteiger partial charge < -0.3 is 25.4 Å². The molecule has 1 fully saturated rings. The van der Waals surface area contributed by atoms with Gasteiger partial charge in [-0.05, 0) is 50.2 Å². The first-order valence-corrected chi connectivity index (χ1v) is 8.08. The molecular formula is C17H26ClN3O4. The molecule has 0 atom stereocenters. The second kappa shape index (κ2) is 10.2. The van der Waals surface area contributed by atoms with Crippen molar-refractivity contribution in [3.8, 4) is 5.75 Å². The third kappa shape index (κ3) is 5.59. The van der Waals surface area contributed by atoms with Gasteiger partial charge in [0, 0.05) is 25.8 Å². The number of nitrogens with one attached hydrogen (secondary N) is 3. The lowest BCUT2D eigenvalue weighted by molar-refractivity contribution is -0.146. The van der Waals surface area contributed by atoms with E-state index < -0.39 is 5.60 Å². The molecule has 1 aromatic carbocycles. The highest BCUT2D eigenvalue weighted by molar-refractivity contribution is 5.94. The van der Waals surface area contributed by atoms with Crippen LogP contribution in [0.4, 0.5) is 0 Å². The van der Waals surface area contributed by atoms with E-state index in [-0.39, 0.29) is 24.2 Å². The number of rotatable bonds is 7. The van der Waals surface area contributed by atoms with Crippen molar-refractivity contribution >= 4 is 24.2 Å². The van der Waals surface area contributed by atoms with Gasteiger partial charge in [-0.15, -0.1) is 12.4 Å². The number of piperidine rings is 1. The smallest absolute Gasteiger partial charge is 0.252 e. The predicted molar refractivity (Wildman–Crippen MR) is 97.4 cm³/mol. The van der Waals surface area contributed by atoms with E-state index in [4.69, 9.17) is 9.47 Å². The van der Waals surface area contributed by atoms with E-state index >= 15 is 0 Å². The number of ether oxygens (including phenoxy) is 2. The number of halogens is 1. The van der Waals surface area contributed by atoms with Gasteiger partial charge in [0.1, 0.15) is 11.4 Å². The fourth-order valence-electron chi connectivity index (χ4n) is 2.71. The van der Waals surface area contributed by atoms with Crippen LogP contribution < -0.4 is 20.7 Å². The fraction of sp³-hybridized carbons (Fsp3) is 0.529. The Balaban J connectivity index is 0.00000312. The predicted octanol–water partition coefficient (Wildman–Crippen LogP) is 0.732. The summed E-state index contributed by atoms with van der Waals surface area (Å²) in [5, 5.41) is 8.83. The number of carbonyl (C=O) groups is 2. The summed E-state index contributed by atoms with van der Waals surface area (Å²) in [4.78, 5) is 24.4. The van der Waals surface area contributed by atoms with Gasteiger partial charge in [0.15, 0.2) is 0 Å². The molecule has 1 heterocycles. The summed E-state index contributed by atoms with van der Waals surface area (Å²) >= 11 is 0. The SMILES string of the molecule is COc1ccc(C(=O)NCCNC(=O)C2(OC)CCNCC2)cc1.Cl. The van der Waals surface area contributed by atoms with Crippen LogP contribution >= 0.6 is 12.4 Å². The Hall–Kier alpha value is -1.83. The summed E-state index contributed by atoms with van der Waals surface area (Å²) < 4.78 is 10.5. The molecule has 1 aliphatic rings. The highest BCUT2D eigenvalue weighted by atomic mass is 35.5. The minimum atomic E-state index is -0.759. The molecule has 1 aliphatic heterocycles. The third-order valence-electron chi connectivity index (χ3n) is 4.26. The minimum Gasteiger partial charge on any atom is -0.497 e. The molecule has 0 aromatic heterocycles. The lowest BCUT2D eigenvalue weighted by Crippen LogP contribution is -2.54. The summed E-state index contributed by atoms with van der Waals surface area (Å²) in [6.45, 7) is 2.23. The van der Waals surface area contributed by atoms with E-state index in [1.54, 1.807) is 38.5 Å². The molecular weight excluding hydrogens is 346 g/mol. The van der Waals surface area contributed by atoms with Crippen molar-refractivity contribution in [3.63, 3.8) is 0 Å². The Kier molecular flexibility index (Phi) is 8.68. The van der Waals surface area contributed by atoms with Gasteiger partial charge in [0.25, 0.3) is 11.8 Å². The maximum absolute atomic E-state index is 12.3. The largest absolute Gasteiger partial charge is 0.497 e. The lowest BCUT2D eigenvalue weighted by Gasteiger charge is -2.34. The molecule has 2 rings (SSSR count). The molecule has 25 heavy (non-hydrogen) atoms. The highest BCUT2D eigenvalue weighted by Gasteiger charge is 2.39. The van der Waals surface area contributed by atoms with E-state index in [0.29, 0.717) is 37.2 Å². The zero-order valence-electron chi connectivity index (χ0n) is 14.6. The first-order valence-electron chi connectivity index (χ1n) is 8.08. The Bertz CT molecular complexity index is 560. The maximum atomic E-state index is 12.3. The van der Waals surface area contributed by atoms with E-state index in [1.807, 2.05) is 0 Å². The van der Waals surface area contributed by atoms with Crippen LogP contribution in [-0.4, -0.2) is 57.8 Å². The van der Waals surface area contributed by atoms with Crippen LogP contribution in [0, 0.1) is 0 Å². The summed E-state index contributed by atoms with van der Waals surface area (Å²) in [7, 11) is 3.14. The zero-order valence-corrected chi connectivity index (χ0v) is 15.4. The van der Waals surface area contributed by atoms with Gasteiger partial charge in [-0.1, -0.05) is 0 Å². The van der Waals surface area contributed by atoms with Crippen molar-refractivity contribution in [2.45, 2.75) is 18.4 Å². The molecule has 3 N–H and O–H groups in total. The van der Waals surface area contributed by atoms with Gasteiger partial charge in [-0.2, -0.15) is 0 Å². The van der Waals surface area contributed by atoms with E-state index in [2.05, 4.69) is 16.0 Å². The number of amides is 2. The van der Waals surface area contributed by atoms with Gasteiger partial charge in [-0.3, -0.25) is 9.59 Å². The van der Waals surface area contributed by atoms with E-state index in [0.717, 1.165) is 13.1 Å². The van der Waals surface area contributed by atoms with Crippen LogP contribution in [0.1, 0.15) is 23.2 Å². The van der Waals surface area contributed by atoms with Crippen LogP contribution in [0.15, 0.2) is 24.3 Å². The third-order valence-corrected chi connectivity index (χ3v) is 4.26. The zero-order chi connectivity index (χ0) is 17.4. The quantitative estimate of drug-likeness (QED) is 0.615. The van der Waals surface area contributed by atoms with Crippen LogP contribution in [0.3, 0.4) is 0 Å². The number of benzene rings is 1. The second-order valence-corrected chi connectivity index (χ2v) is 5.69. The molecule has 0 spiro atoms. The monoisotopic (exact) mass is 371 g/mol. The average molecular weight is 372 g/mol. The Morgan fingerprint density at radius 3 is 2.24 bits per heavy atom. The lowest BCUT2D eigenvalue weighted by atomic mass is 9.91. The van der Waals surface area contributed by atoms with Gasteiger partial charge in [-0.25, -0.2) is 0 Å². The number of carbonyl (C=O) groups excluding carboxylic acids is 2. The van der Waals surface area contributed by atoms with Crippen LogP contribution in [-0.2, 0) is 9.53 Å². The highest BCUT2D eigenvalue weighted by Crippen LogP contribution is 2.22. The molecule has 1 aromatic rings. The van der Waals surface area contributed by atoms with Crippen LogP contribution in [0.2, 0.25) is 0 Å². The van der Waals surface area contributed by atoms with Crippen molar-refractivity contribution < 1.29 is 19.1 Å². The van der Waals surface area contributed by atoms with Crippen LogP contribution in [0.25, 0.3) is 0 Å². The number of hydrogen-bond acceptors (Lipinski definition) is 5. The van der Waals surface area contributed by atoms with Gasteiger partial charge in [0.05, 0.1) is 7.11 Å². The number of methoxy groups -OCH3 is 2. The van der Waals surface area contributed by atoms with E-state index in [9.17, 15) is 9.59 Å². The molecule has 2 amide bonds. The van der Waals surface area contributed by atoms with Gasteiger partial charge in [0.2, 0.25) is 0 Å². The molecule has 0 aliphatic carbocycles. The Labute approximate surface area is 154 Å².